The summed E-state index contributed by atoms with van der Waals surface area (Å²) in [5.41, 5.74) is 1.21. The molecule has 0 bridgehead atoms. The first-order valence-corrected chi connectivity index (χ1v) is 7.07. The van der Waals surface area contributed by atoms with E-state index in [2.05, 4.69) is 5.32 Å². The van der Waals surface area contributed by atoms with E-state index in [1.807, 2.05) is 6.26 Å². The summed E-state index contributed by atoms with van der Waals surface area (Å²) >= 11 is 0. The summed E-state index contributed by atoms with van der Waals surface area (Å²) in [4.78, 5) is 4.69. The third-order valence-electron chi connectivity index (χ3n) is 4.21. The second-order valence-corrected chi connectivity index (χ2v) is 5.56. The van der Waals surface area contributed by atoms with Crippen LogP contribution in [0.4, 0.5) is 0 Å². The topological polar surface area (TPSA) is 38.1 Å². The average Bonchev–Trinajstić information content (AvgIpc) is 3.00. The Balaban J connectivity index is 1.59. The van der Waals surface area contributed by atoms with Crippen molar-refractivity contribution < 1.29 is 4.42 Å². The molecule has 0 aromatic carbocycles. The van der Waals surface area contributed by atoms with Crippen LogP contribution in [0.15, 0.2) is 10.7 Å². The Hall–Kier alpha value is -0.830. The summed E-state index contributed by atoms with van der Waals surface area (Å²) < 4.78 is 5.64. The van der Waals surface area contributed by atoms with Gasteiger partial charge in [-0.05, 0) is 44.7 Å². The third-order valence-corrected chi connectivity index (χ3v) is 4.21. The first-order chi connectivity index (χ1) is 8.42. The molecular formula is C14H22N2O. The molecule has 2 aliphatic rings. The average molecular weight is 234 g/mol. The van der Waals surface area contributed by atoms with E-state index >= 15 is 0 Å². The highest BCUT2D eigenvalue weighted by Crippen LogP contribution is 2.33. The zero-order valence-electron chi connectivity index (χ0n) is 10.5. The number of hydrogen-bond acceptors (Lipinski definition) is 3. The van der Waals surface area contributed by atoms with Crippen LogP contribution in [0.3, 0.4) is 0 Å². The van der Waals surface area contributed by atoms with Gasteiger partial charge >= 0.3 is 0 Å². The van der Waals surface area contributed by atoms with Crippen LogP contribution in [0.25, 0.3) is 0 Å². The first kappa shape index (κ1) is 11.3. The summed E-state index contributed by atoms with van der Waals surface area (Å²) in [5.74, 6) is 2.36. The Morgan fingerprint density at radius 3 is 2.88 bits per heavy atom. The number of piperidine rings is 1. The van der Waals surface area contributed by atoms with Crippen molar-refractivity contribution in [2.75, 3.05) is 13.1 Å². The predicted octanol–water partition coefficient (Wildman–Crippen LogP) is 2.87. The van der Waals surface area contributed by atoms with Crippen LogP contribution in [-0.4, -0.2) is 18.1 Å². The maximum Gasteiger partial charge on any atom is 0.194 e. The van der Waals surface area contributed by atoms with Gasteiger partial charge in [-0.25, -0.2) is 4.98 Å². The molecule has 3 rings (SSSR count). The van der Waals surface area contributed by atoms with Crippen LogP contribution in [-0.2, 0) is 6.42 Å². The third kappa shape index (κ3) is 2.71. The Morgan fingerprint density at radius 1 is 1.24 bits per heavy atom. The van der Waals surface area contributed by atoms with Gasteiger partial charge in [-0.2, -0.15) is 0 Å². The van der Waals surface area contributed by atoms with Gasteiger partial charge in [-0.3, -0.25) is 0 Å². The lowest BCUT2D eigenvalue weighted by molar-refractivity contribution is 0.345. The van der Waals surface area contributed by atoms with E-state index in [0.717, 1.165) is 24.8 Å². The lowest BCUT2D eigenvalue weighted by atomic mass is 9.96. The molecule has 0 amide bonds. The molecule has 17 heavy (non-hydrogen) atoms. The molecule has 0 spiro atoms. The highest BCUT2D eigenvalue weighted by atomic mass is 16.3. The Morgan fingerprint density at radius 2 is 2.12 bits per heavy atom. The van der Waals surface area contributed by atoms with Crippen molar-refractivity contribution in [3.8, 4) is 0 Å². The van der Waals surface area contributed by atoms with Gasteiger partial charge in [0, 0.05) is 12.3 Å². The Labute approximate surface area is 103 Å². The van der Waals surface area contributed by atoms with E-state index < -0.39 is 0 Å². The van der Waals surface area contributed by atoms with E-state index in [1.165, 1.54) is 50.8 Å². The number of nitrogens with zero attached hydrogens (tertiary/aromatic N) is 1. The lowest BCUT2D eigenvalue weighted by Crippen LogP contribution is -2.30. The zero-order valence-corrected chi connectivity index (χ0v) is 10.5. The molecule has 0 radical (unpaired) electrons. The quantitative estimate of drug-likeness (QED) is 0.874. The van der Waals surface area contributed by atoms with Gasteiger partial charge in [-0.1, -0.05) is 12.8 Å². The molecule has 94 valence electrons. The fourth-order valence-electron chi connectivity index (χ4n) is 3.17. The highest BCUT2D eigenvalue weighted by molar-refractivity contribution is 5.06. The number of nitrogens with one attached hydrogen (secondary N) is 1. The minimum absolute atomic E-state index is 0.678. The van der Waals surface area contributed by atoms with Crippen molar-refractivity contribution in [1.29, 1.82) is 0 Å². The molecule has 3 heteroatoms. The Bertz CT molecular complexity index is 349. The van der Waals surface area contributed by atoms with E-state index in [0.29, 0.717) is 5.92 Å². The summed E-state index contributed by atoms with van der Waals surface area (Å²) in [5, 5.41) is 3.45. The SMILES string of the molecule is c1oc(CC2CCCNC2)nc1C1CCCC1. The molecular weight excluding hydrogens is 212 g/mol. The molecule has 1 atom stereocenters. The van der Waals surface area contributed by atoms with Gasteiger partial charge in [-0.15, -0.1) is 0 Å². The van der Waals surface area contributed by atoms with Crippen LogP contribution < -0.4 is 5.32 Å². The minimum atomic E-state index is 0.678. The Kier molecular flexibility index (Phi) is 3.46. The van der Waals surface area contributed by atoms with Crippen LogP contribution in [0.5, 0.6) is 0 Å². The van der Waals surface area contributed by atoms with Crippen molar-refractivity contribution in [3.05, 3.63) is 17.8 Å². The fourth-order valence-corrected chi connectivity index (χ4v) is 3.17. The van der Waals surface area contributed by atoms with Gasteiger partial charge in [0.15, 0.2) is 5.89 Å². The molecule has 1 saturated carbocycles. The molecule has 1 aliphatic heterocycles. The normalized spacial score (nSPS) is 26.5. The van der Waals surface area contributed by atoms with Gasteiger partial charge in [0.25, 0.3) is 0 Å². The molecule has 2 fully saturated rings. The summed E-state index contributed by atoms with van der Waals surface area (Å²) in [6.07, 6.45) is 10.9. The van der Waals surface area contributed by atoms with Crippen LogP contribution in [0.2, 0.25) is 0 Å². The molecule has 1 aromatic heterocycles. The number of aromatic nitrogens is 1. The summed E-state index contributed by atoms with van der Waals surface area (Å²) in [6.45, 7) is 2.30. The van der Waals surface area contributed by atoms with Crippen molar-refractivity contribution in [2.45, 2.75) is 50.9 Å². The lowest BCUT2D eigenvalue weighted by Gasteiger charge is -2.21. The fraction of sp³-hybridized carbons (Fsp3) is 0.786. The van der Waals surface area contributed by atoms with Crippen LogP contribution in [0.1, 0.15) is 56.0 Å². The van der Waals surface area contributed by atoms with Gasteiger partial charge in [0.05, 0.1) is 5.69 Å². The molecule has 1 N–H and O–H groups in total. The van der Waals surface area contributed by atoms with Crippen molar-refractivity contribution in [1.82, 2.24) is 10.3 Å². The molecule has 3 nitrogen and oxygen atoms in total. The summed E-state index contributed by atoms with van der Waals surface area (Å²) in [6, 6.07) is 0. The maximum absolute atomic E-state index is 5.64. The summed E-state index contributed by atoms with van der Waals surface area (Å²) in [7, 11) is 0. The maximum atomic E-state index is 5.64. The predicted molar refractivity (Wildman–Crippen MR) is 67.0 cm³/mol. The molecule has 1 aliphatic carbocycles. The van der Waals surface area contributed by atoms with Crippen molar-refractivity contribution in [3.63, 3.8) is 0 Å². The first-order valence-electron chi connectivity index (χ1n) is 7.07. The van der Waals surface area contributed by atoms with E-state index in [1.54, 1.807) is 0 Å². The molecule has 2 heterocycles. The highest BCUT2D eigenvalue weighted by Gasteiger charge is 2.22. The standard InChI is InChI=1S/C14H22N2O/c1-2-6-12(5-1)13-10-17-14(16-13)8-11-4-3-7-15-9-11/h10-12,15H,1-9H2. The van der Waals surface area contributed by atoms with Crippen molar-refractivity contribution in [2.24, 2.45) is 5.92 Å². The van der Waals surface area contributed by atoms with E-state index in [-0.39, 0.29) is 0 Å². The second-order valence-electron chi connectivity index (χ2n) is 5.56. The van der Waals surface area contributed by atoms with Crippen LogP contribution in [0, 0.1) is 5.92 Å². The van der Waals surface area contributed by atoms with E-state index in [9.17, 15) is 0 Å². The van der Waals surface area contributed by atoms with Crippen LogP contribution >= 0.6 is 0 Å². The van der Waals surface area contributed by atoms with E-state index in [4.69, 9.17) is 9.40 Å². The van der Waals surface area contributed by atoms with Gasteiger partial charge in [0.2, 0.25) is 0 Å². The largest absolute Gasteiger partial charge is 0.449 e. The monoisotopic (exact) mass is 234 g/mol. The number of oxazole rings is 1. The van der Waals surface area contributed by atoms with Gasteiger partial charge in [0.1, 0.15) is 6.26 Å². The molecule has 1 saturated heterocycles. The van der Waals surface area contributed by atoms with Gasteiger partial charge < -0.3 is 9.73 Å². The number of rotatable bonds is 3. The second kappa shape index (κ2) is 5.21. The smallest absolute Gasteiger partial charge is 0.194 e. The number of hydrogen-bond donors (Lipinski definition) is 1. The minimum Gasteiger partial charge on any atom is -0.449 e. The zero-order chi connectivity index (χ0) is 11.5. The molecule has 1 unspecified atom stereocenters. The molecule has 1 aromatic rings. The van der Waals surface area contributed by atoms with Crippen molar-refractivity contribution >= 4 is 0 Å².